The lowest BCUT2D eigenvalue weighted by molar-refractivity contribution is 0.0965. The van der Waals surface area contributed by atoms with Crippen LogP contribution >= 0.6 is 0 Å². The predicted molar refractivity (Wildman–Crippen MR) is 79.6 cm³/mol. The summed E-state index contributed by atoms with van der Waals surface area (Å²) < 4.78 is 40.7. The predicted octanol–water partition coefficient (Wildman–Crippen LogP) is 2.18. The van der Waals surface area contributed by atoms with Crippen molar-refractivity contribution in [3.63, 3.8) is 0 Å². The average Bonchev–Trinajstić information content (AvgIpc) is 2.81. The van der Waals surface area contributed by atoms with Crippen LogP contribution in [0.5, 0.6) is 0 Å². The van der Waals surface area contributed by atoms with Gasteiger partial charge in [0.2, 0.25) is 0 Å². The molecule has 0 unspecified atom stereocenters. The van der Waals surface area contributed by atoms with E-state index in [0.717, 1.165) is 17.7 Å². The first-order valence-corrected chi connectivity index (χ1v) is 8.05. The zero-order valence-corrected chi connectivity index (χ0v) is 12.5. The lowest BCUT2D eigenvalue weighted by atomic mass is 10.1. The average molecular weight is 320 g/mol. The summed E-state index contributed by atoms with van der Waals surface area (Å²) >= 11 is 0. The van der Waals surface area contributed by atoms with Crippen LogP contribution in [0.15, 0.2) is 41.3 Å². The molecule has 2 aromatic rings. The van der Waals surface area contributed by atoms with Gasteiger partial charge in [-0.1, -0.05) is 17.7 Å². The molecule has 22 heavy (non-hydrogen) atoms. The Hall–Kier alpha value is -2.41. The fraction of sp³-hybridized carbons (Fsp3) is 0.133. The third-order valence-electron chi connectivity index (χ3n) is 3.46. The minimum Gasteiger partial charge on any atom is -0.348 e. The third kappa shape index (κ3) is 2.55. The van der Waals surface area contributed by atoms with Gasteiger partial charge in [-0.2, -0.15) is 0 Å². The second kappa shape index (κ2) is 5.10. The lowest BCUT2D eigenvalue weighted by Crippen LogP contribution is -2.14. The summed E-state index contributed by atoms with van der Waals surface area (Å²) in [7, 11) is -3.84. The molecule has 0 saturated carbocycles. The van der Waals surface area contributed by atoms with Gasteiger partial charge in [0.1, 0.15) is 5.82 Å². The van der Waals surface area contributed by atoms with Gasteiger partial charge in [0.15, 0.2) is 0 Å². The van der Waals surface area contributed by atoms with Crippen molar-refractivity contribution in [1.29, 1.82) is 0 Å². The maximum Gasteiger partial charge on any atom is 0.261 e. The molecule has 0 atom stereocenters. The van der Waals surface area contributed by atoms with Gasteiger partial charge in [0, 0.05) is 17.7 Å². The molecule has 1 heterocycles. The number of hydrogen-bond acceptors (Lipinski definition) is 3. The number of hydrogen-bond donors (Lipinski definition) is 2. The molecule has 7 heteroatoms. The molecule has 0 bridgehead atoms. The second-order valence-electron chi connectivity index (χ2n) is 5.08. The van der Waals surface area contributed by atoms with Crippen LogP contribution in [-0.2, 0) is 16.6 Å². The van der Waals surface area contributed by atoms with Crippen molar-refractivity contribution in [2.75, 3.05) is 4.72 Å². The lowest BCUT2D eigenvalue weighted by Gasteiger charge is -2.11. The van der Waals surface area contributed by atoms with Gasteiger partial charge in [0.25, 0.3) is 15.9 Å². The first-order valence-electron chi connectivity index (χ1n) is 6.57. The summed E-state index contributed by atoms with van der Waals surface area (Å²) in [5, 5.41) is 2.55. The molecule has 0 aromatic heterocycles. The van der Waals surface area contributed by atoms with Crippen molar-refractivity contribution < 1.29 is 17.6 Å². The number of anilines is 1. The van der Waals surface area contributed by atoms with Gasteiger partial charge in [-0.25, -0.2) is 12.8 Å². The van der Waals surface area contributed by atoms with Gasteiger partial charge < -0.3 is 5.32 Å². The van der Waals surface area contributed by atoms with Crippen LogP contribution in [0.2, 0.25) is 0 Å². The number of halogens is 1. The van der Waals surface area contributed by atoms with Crippen molar-refractivity contribution in [2.45, 2.75) is 18.4 Å². The zero-order valence-electron chi connectivity index (χ0n) is 11.7. The summed E-state index contributed by atoms with van der Waals surface area (Å²) in [6.07, 6.45) is 0. The van der Waals surface area contributed by atoms with Crippen LogP contribution in [0.3, 0.4) is 0 Å². The Morgan fingerprint density at radius 1 is 1.18 bits per heavy atom. The third-order valence-corrected chi connectivity index (χ3v) is 4.84. The van der Waals surface area contributed by atoms with Crippen molar-refractivity contribution in [3.05, 3.63) is 58.9 Å². The van der Waals surface area contributed by atoms with Crippen LogP contribution in [0.25, 0.3) is 0 Å². The molecule has 2 aromatic carbocycles. The van der Waals surface area contributed by atoms with E-state index in [4.69, 9.17) is 0 Å². The van der Waals surface area contributed by atoms with Gasteiger partial charge in [0.05, 0.1) is 10.6 Å². The molecule has 0 spiro atoms. The molecule has 0 saturated heterocycles. The largest absolute Gasteiger partial charge is 0.348 e. The molecule has 0 radical (unpaired) electrons. The van der Waals surface area contributed by atoms with E-state index in [1.165, 1.54) is 12.1 Å². The smallest absolute Gasteiger partial charge is 0.261 e. The van der Waals surface area contributed by atoms with Gasteiger partial charge in [-0.3, -0.25) is 9.52 Å². The fourth-order valence-corrected chi connectivity index (χ4v) is 3.39. The first kappa shape index (κ1) is 14.5. The molecule has 1 aliphatic heterocycles. The number of rotatable bonds is 3. The van der Waals surface area contributed by atoms with Crippen molar-refractivity contribution in [1.82, 2.24) is 5.32 Å². The Kier molecular flexibility index (Phi) is 3.37. The number of sulfonamides is 1. The standard InChI is InChI=1S/C15H13FN2O3S/c1-9-2-4-11(5-3-9)22(20,21)18-14-7-10(16)6-12-13(14)8-17-15(12)19/h2-7,18H,8H2,1H3,(H,17,19). The van der Waals surface area contributed by atoms with E-state index in [0.29, 0.717) is 5.56 Å². The molecule has 5 nitrogen and oxygen atoms in total. The number of aryl methyl sites for hydroxylation is 1. The van der Waals surface area contributed by atoms with Crippen molar-refractivity contribution >= 4 is 21.6 Å². The van der Waals surface area contributed by atoms with E-state index in [9.17, 15) is 17.6 Å². The van der Waals surface area contributed by atoms with Gasteiger partial charge in [-0.05, 0) is 31.2 Å². The second-order valence-corrected chi connectivity index (χ2v) is 6.76. The van der Waals surface area contributed by atoms with E-state index < -0.39 is 21.7 Å². The highest BCUT2D eigenvalue weighted by atomic mass is 32.2. The molecule has 2 N–H and O–H groups in total. The zero-order chi connectivity index (χ0) is 15.9. The highest BCUT2D eigenvalue weighted by Gasteiger charge is 2.25. The number of carbonyl (C=O) groups excluding carboxylic acids is 1. The summed E-state index contributed by atoms with van der Waals surface area (Å²) in [6, 6.07) is 8.47. The fourth-order valence-electron chi connectivity index (χ4n) is 2.31. The number of benzene rings is 2. The Balaban J connectivity index is 2.02. The van der Waals surface area contributed by atoms with Crippen LogP contribution < -0.4 is 10.0 Å². The maximum atomic E-state index is 13.6. The van der Waals surface area contributed by atoms with E-state index in [1.807, 2.05) is 6.92 Å². The van der Waals surface area contributed by atoms with Gasteiger partial charge in [-0.15, -0.1) is 0 Å². The molecule has 3 rings (SSSR count). The minimum atomic E-state index is -3.84. The van der Waals surface area contributed by atoms with Crippen LogP contribution in [0, 0.1) is 12.7 Å². The molecular weight excluding hydrogens is 307 g/mol. The van der Waals surface area contributed by atoms with E-state index in [1.54, 1.807) is 12.1 Å². The van der Waals surface area contributed by atoms with Crippen LogP contribution in [0.1, 0.15) is 21.5 Å². The summed E-state index contributed by atoms with van der Waals surface area (Å²) in [5.41, 5.74) is 1.61. The normalized spacial score (nSPS) is 13.6. The highest BCUT2D eigenvalue weighted by Crippen LogP contribution is 2.28. The molecule has 1 amide bonds. The monoisotopic (exact) mass is 320 g/mol. The van der Waals surface area contributed by atoms with E-state index in [2.05, 4.69) is 10.0 Å². The molecule has 0 fully saturated rings. The summed E-state index contributed by atoms with van der Waals surface area (Å²) in [4.78, 5) is 11.7. The molecular formula is C15H13FN2O3S. The van der Waals surface area contributed by atoms with E-state index in [-0.39, 0.29) is 22.7 Å². The van der Waals surface area contributed by atoms with Crippen LogP contribution in [0.4, 0.5) is 10.1 Å². The topological polar surface area (TPSA) is 75.3 Å². The Labute approximate surface area is 127 Å². The number of amides is 1. The Bertz CT molecular complexity index is 861. The van der Waals surface area contributed by atoms with Crippen molar-refractivity contribution in [2.24, 2.45) is 0 Å². The molecule has 0 aliphatic carbocycles. The highest BCUT2D eigenvalue weighted by molar-refractivity contribution is 7.92. The number of carbonyl (C=O) groups is 1. The van der Waals surface area contributed by atoms with Crippen molar-refractivity contribution in [3.8, 4) is 0 Å². The quantitative estimate of drug-likeness (QED) is 0.910. The van der Waals surface area contributed by atoms with Gasteiger partial charge >= 0.3 is 0 Å². The Morgan fingerprint density at radius 2 is 1.86 bits per heavy atom. The summed E-state index contributed by atoms with van der Waals surface area (Å²) in [5.74, 6) is -1.08. The Morgan fingerprint density at radius 3 is 2.55 bits per heavy atom. The minimum absolute atomic E-state index is 0.0772. The SMILES string of the molecule is Cc1ccc(S(=O)(=O)Nc2cc(F)cc3c2CNC3=O)cc1. The maximum absolute atomic E-state index is 13.6. The molecule has 114 valence electrons. The summed E-state index contributed by atoms with van der Waals surface area (Å²) in [6.45, 7) is 2.01. The van der Waals surface area contributed by atoms with Crippen LogP contribution in [-0.4, -0.2) is 14.3 Å². The number of nitrogens with one attached hydrogen (secondary N) is 2. The first-order chi connectivity index (χ1) is 10.4. The van der Waals surface area contributed by atoms with E-state index >= 15 is 0 Å². The molecule has 1 aliphatic rings. The number of fused-ring (bicyclic) bond motifs is 1.